The quantitative estimate of drug-likeness (QED) is 0.785. The Bertz CT molecular complexity index is 649. The lowest BCUT2D eigenvalue weighted by Crippen LogP contribution is -2.09. The van der Waals surface area contributed by atoms with Gasteiger partial charge < -0.3 is 11.1 Å². The number of hydrogen-bond donors (Lipinski definition) is 2. The first kappa shape index (κ1) is 14.2. The summed E-state index contributed by atoms with van der Waals surface area (Å²) in [6, 6.07) is 9.96. The molecular weight excluding hydrogens is 351 g/mol. The number of halogens is 3. The molecule has 0 spiro atoms. The van der Waals surface area contributed by atoms with Crippen LogP contribution < -0.4 is 11.1 Å². The van der Waals surface area contributed by atoms with Crippen LogP contribution >= 0.6 is 39.7 Å². The molecule has 0 heterocycles. The fourth-order valence-electron chi connectivity index (χ4n) is 1.53. The van der Waals surface area contributed by atoms with Crippen LogP contribution in [-0.2, 0) is 0 Å². The lowest BCUT2D eigenvalue weighted by atomic mass is 10.2. The average Bonchev–Trinajstić information content (AvgIpc) is 2.33. The van der Waals surface area contributed by atoms with Crippen molar-refractivity contribution in [3.8, 4) is 0 Å². The summed E-state index contributed by atoms with van der Waals surface area (Å²) in [6.45, 7) is 0. The Morgan fingerprint density at radius 3 is 2.42 bits per heavy atom. The molecule has 0 saturated heterocycles. The molecular formula is C13H9BrClFN2S. The normalized spacial score (nSPS) is 10.3. The predicted molar refractivity (Wildman–Crippen MR) is 84.7 cm³/mol. The Hall–Kier alpha value is -1.17. The second-order valence-electron chi connectivity index (χ2n) is 3.81. The highest BCUT2D eigenvalue weighted by Gasteiger charge is 2.05. The van der Waals surface area contributed by atoms with Crippen LogP contribution in [0.5, 0.6) is 0 Å². The molecule has 2 nitrogen and oxygen atoms in total. The van der Waals surface area contributed by atoms with Crippen molar-refractivity contribution in [2.45, 2.75) is 0 Å². The molecule has 19 heavy (non-hydrogen) atoms. The highest BCUT2D eigenvalue weighted by Crippen LogP contribution is 2.25. The van der Waals surface area contributed by atoms with E-state index in [1.807, 2.05) is 0 Å². The lowest BCUT2D eigenvalue weighted by Gasteiger charge is -2.09. The van der Waals surface area contributed by atoms with Crippen LogP contribution in [0.4, 0.5) is 15.8 Å². The van der Waals surface area contributed by atoms with E-state index in [4.69, 9.17) is 29.6 Å². The van der Waals surface area contributed by atoms with E-state index in [1.165, 1.54) is 6.07 Å². The largest absolute Gasteiger partial charge is 0.389 e. The van der Waals surface area contributed by atoms with Gasteiger partial charge in [-0.25, -0.2) is 4.39 Å². The summed E-state index contributed by atoms with van der Waals surface area (Å²) in [5.74, 6) is -0.337. The van der Waals surface area contributed by atoms with E-state index < -0.39 is 0 Å². The molecule has 0 aliphatic rings. The van der Waals surface area contributed by atoms with Crippen LogP contribution in [-0.4, -0.2) is 4.99 Å². The van der Waals surface area contributed by atoms with Gasteiger partial charge in [0.15, 0.2) is 0 Å². The minimum atomic E-state index is -0.337. The number of nitrogens with two attached hydrogens (primary N) is 1. The Kier molecular flexibility index (Phi) is 4.39. The molecule has 2 aromatic carbocycles. The summed E-state index contributed by atoms with van der Waals surface area (Å²) in [5.41, 5.74) is 7.49. The summed E-state index contributed by atoms with van der Waals surface area (Å²) in [7, 11) is 0. The second kappa shape index (κ2) is 5.86. The molecule has 0 radical (unpaired) electrons. The average molecular weight is 360 g/mol. The molecule has 0 saturated carbocycles. The van der Waals surface area contributed by atoms with Crippen molar-refractivity contribution in [2.75, 3.05) is 5.32 Å². The maximum Gasteiger partial charge on any atom is 0.139 e. The minimum Gasteiger partial charge on any atom is -0.389 e. The van der Waals surface area contributed by atoms with E-state index in [2.05, 4.69) is 21.2 Å². The molecule has 0 aromatic heterocycles. The maximum atomic E-state index is 13.4. The van der Waals surface area contributed by atoms with E-state index in [0.29, 0.717) is 20.7 Å². The van der Waals surface area contributed by atoms with Gasteiger partial charge in [-0.2, -0.15) is 0 Å². The molecule has 2 rings (SSSR count). The van der Waals surface area contributed by atoms with Gasteiger partial charge in [0, 0.05) is 16.9 Å². The molecule has 0 amide bonds. The first-order chi connectivity index (χ1) is 8.97. The van der Waals surface area contributed by atoms with Gasteiger partial charge in [-0.15, -0.1) is 0 Å². The summed E-state index contributed by atoms with van der Waals surface area (Å²) in [5, 5.41) is 3.50. The van der Waals surface area contributed by atoms with Gasteiger partial charge in [0.2, 0.25) is 0 Å². The summed E-state index contributed by atoms with van der Waals surface area (Å²) in [6.07, 6.45) is 0. The van der Waals surface area contributed by atoms with Gasteiger partial charge in [-0.1, -0.05) is 23.8 Å². The number of rotatable bonds is 3. The first-order valence-electron chi connectivity index (χ1n) is 5.29. The molecule has 0 fully saturated rings. The molecule has 98 valence electrons. The van der Waals surface area contributed by atoms with Gasteiger partial charge in [0.05, 0.1) is 9.50 Å². The topological polar surface area (TPSA) is 38.0 Å². The third kappa shape index (κ3) is 3.43. The fraction of sp³-hybridized carbons (Fsp3) is 0. The van der Waals surface area contributed by atoms with E-state index in [-0.39, 0.29) is 10.8 Å². The Balaban J connectivity index is 2.26. The van der Waals surface area contributed by atoms with Gasteiger partial charge in [0.1, 0.15) is 10.8 Å². The smallest absolute Gasteiger partial charge is 0.139 e. The van der Waals surface area contributed by atoms with Gasteiger partial charge in [-0.3, -0.25) is 0 Å². The van der Waals surface area contributed by atoms with Crippen molar-refractivity contribution in [3.05, 3.63) is 57.3 Å². The van der Waals surface area contributed by atoms with E-state index >= 15 is 0 Å². The van der Waals surface area contributed by atoms with Crippen LogP contribution in [0.25, 0.3) is 0 Å². The van der Waals surface area contributed by atoms with E-state index in [1.54, 1.807) is 30.3 Å². The van der Waals surface area contributed by atoms with Crippen molar-refractivity contribution in [1.29, 1.82) is 0 Å². The molecule has 2 aromatic rings. The SMILES string of the molecule is NC(=S)c1ccc(Nc2ccc(Br)c(F)c2)cc1Cl. The first-order valence-corrected chi connectivity index (χ1v) is 6.87. The Morgan fingerprint density at radius 2 is 1.84 bits per heavy atom. The zero-order chi connectivity index (χ0) is 14.0. The van der Waals surface area contributed by atoms with Crippen molar-refractivity contribution >= 4 is 56.1 Å². The number of hydrogen-bond acceptors (Lipinski definition) is 2. The summed E-state index contributed by atoms with van der Waals surface area (Å²) < 4.78 is 13.8. The summed E-state index contributed by atoms with van der Waals surface area (Å²) >= 11 is 14.0. The molecule has 0 atom stereocenters. The molecule has 0 bridgehead atoms. The number of anilines is 2. The van der Waals surface area contributed by atoms with Crippen molar-refractivity contribution in [1.82, 2.24) is 0 Å². The lowest BCUT2D eigenvalue weighted by molar-refractivity contribution is 0.622. The van der Waals surface area contributed by atoms with E-state index in [0.717, 1.165) is 5.69 Å². The fourth-order valence-corrected chi connectivity index (χ4v) is 2.30. The molecule has 0 unspecified atom stereocenters. The van der Waals surface area contributed by atoms with Gasteiger partial charge in [0.25, 0.3) is 0 Å². The number of nitrogens with one attached hydrogen (secondary N) is 1. The highest BCUT2D eigenvalue weighted by atomic mass is 79.9. The van der Waals surface area contributed by atoms with E-state index in [9.17, 15) is 4.39 Å². The van der Waals surface area contributed by atoms with Crippen molar-refractivity contribution < 1.29 is 4.39 Å². The van der Waals surface area contributed by atoms with Crippen LogP contribution in [0.15, 0.2) is 40.9 Å². The number of thiocarbonyl (C=S) groups is 1. The third-order valence-electron chi connectivity index (χ3n) is 2.44. The monoisotopic (exact) mass is 358 g/mol. The molecule has 6 heteroatoms. The van der Waals surface area contributed by atoms with Crippen LogP contribution in [0, 0.1) is 5.82 Å². The zero-order valence-electron chi connectivity index (χ0n) is 9.58. The zero-order valence-corrected chi connectivity index (χ0v) is 12.7. The number of benzene rings is 2. The third-order valence-corrected chi connectivity index (χ3v) is 3.62. The standard InChI is InChI=1S/C13H9BrClFN2S/c14-10-4-2-8(6-12(10)16)18-7-1-3-9(13(17)19)11(15)5-7/h1-6,18H,(H2,17,19). The minimum absolute atomic E-state index is 0.242. The van der Waals surface area contributed by atoms with Crippen LogP contribution in [0.3, 0.4) is 0 Å². The molecule has 3 N–H and O–H groups in total. The molecule has 0 aliphatic carbocycles. The second-order valence-corrected chi connectivity index (χ2v) is 5.51. The summed E-state index contributed by atoms with van der Waals surface area (Å²) in [4.78, 5) is 0.242. The van der Waals surface area contributed by atoms with Crippen molar-refractivity contribution in [3.63, 3.8) is 0 Å². The molecule has 0 aliphatic heterocycles. The predicted octanol–water partition coefficient (Wildman–Crippen LogP) is 4.62. The van der Waals surface area contributed by atoms with Gasteiger partial charge >= 0.3 is 0 Å². The Labute approximate surface area is 128 Å². The van der Waals surface area contributed by atoms with Gasteiger partial charge in [-0.05, 0) is 52.3 Å². The maximum absolute atomic E-state index is 13.4. The Morgan fingerprint density at radius 1 is 1.21 bits per heavy atom. The highest BCUT2D eigenvalue weighted by molar-refractivity contribution is 9.10. The van der Waals surface area contributed by atoms with Crippen molar-refractivity contribution in [2.24, 2.45) is 5.73 Å². The van der Waals surface area contributed by atoms with Crippen LogP contribution in [0.2, 0.25) is 5.02 Å². The van der Waals surface area contributed by atoms with Crippen LogP contribution in [0.1, 0.15) is 5.56 Å².